The first-order valence-electron chi connectivity index (χ1n) is 10.4. The molecule has 1 aromatic heterocycles. The van der Waals surface area contributed by atoms with Gasteiger partial charge < -0.3 is 29.9 Å². The summed E-state index contributed by atoms with van der Waals surface area (Å²) in [6, 6.07) is 4.69. The molecule has 0 saturated carbocycles. The van der Waals surface area contributed by atoms with E-state index in [1.165, 1.54) is 12.1 Å². The number of allylic oxidation sites excluding steroid dienone is 2. The fourth-order valence-corrected chi connectivity index (χ4v) is 3.71. The Balaban J connectivity index is 2.29. The Labute approximate surface area is 185 Å². The summed E-state index contributed by atoms with van der Waals surface area (Å²) in [6.07, 6.45) is 3.21. The molecular weight excluding hydrogens is 412 g/mol. The van der Waals surface area contributed by atoms with Gasteiger partial charge in [0.15, 0.2) is 5.76 Å². The predicted molar refractivity (Wildman–Crippen MR) is 122 cm³/mol. The zero-order chi connectivity index (χ0) is 23.7. The monoisotopic (exact) mass is 440 g/mol. The average Bonchev–Trinajstić information content (AvgIpc) is 2.69. The van der Waals surface area contributed by atoms with Gasteiger partial charge in [0.1, 0.15) is 34.0 Å². The first kappa shape index (κ1) is 23.1. The van der Waals surface area contributed by atoms with Crippen LogP contribution >= 0.6 is 0 Å². The Hall–Kier alpha value is -3.61. The van der Waals surface area contributed by atoms with Crippen LogP contribution < -0.4 is 5.43 Å². The Morgan fingerprint density at radius 2 is 1.69 bits per heavy atom. The van der Waals surface area contributed by atoms with E-state index in [1.807, 2.05) is 13.8 Å². The third kappa shape index (κ3) is 4.37. The maximum Gasteiger partial charge on any atom is 0.238 e. The minimum Gasteiger partial charge on any atom is -0.508 e. The lowest BCUT2D eigenvalue weighted by Gasteiger charge is -2.21. The summed E-state index contributed by atoms with van der Waals surface area (Å²) in [5.74, 6) is -2.12. The van der Waals surface area contributed by atoms with Crippen LogP contribution in [0.2, 0.25) is 0 Å². The van der Waals surface area contributed by atoms with Gasteiger partial charge in [-0.05, 0) is 50.7 Å². The number of fused-ring (bicyclic) bond motifs is 1. The second-order valence-electron chi connectivity index (χ2n) is 8.63. The minimum absolute atomic E-state index is 0.0157. The highest BCUT2D eigenvalue weighted by molar-refractivity contribution is 5.91. The predicted octanol–water partition coefficient (Wildman–Crippen LogP) is 5.16. The minimum atomic E-state index is -0.891. The van der Waals surface area contributed by atoms with Gasteiger partial charge in [0.2, 0.25) is 11.2 Å². The van der Waals surface area contributed by atoms with Crippen molar-refractivity contribution in [1.82, 2.24) is 0 Å². The van der Waals surface area contributed by atoms with Crippen molar-refractivity contribution in [3.63, 3.8) is 0 Å². The van der Waals surface area contributed by atoms with Crippen molar-refractivity contribution in [2.24, 2.45) is 11.8 Å². The lowest BCUT2D eigenvalue weighted by atomic mass is 9.85. The Bertz CT molecular complexity index is 1250. The summed E-state index contributed by atoms with van der Waals surface area (Å²) in [5, 5.41) is 51.0. The van der Waals surface area contributed by atoms with Crippen LogP contribution in [0.5, 0.6) is 28.7 Å². The van der Waals surface area contributed by atoms with Crippen molar-refractivity contribution in [2.75, 3.05) is 0 Å². The zero-order valence-electron chi connectivity index (χ0n) is 18.5. The molecule has 170 valence electrons. The average molecular weight is 440 g/mol. The number of phenols is 4. The van der Waals surface area contributed by atoms with Crippen LogP contribution in [0.1, 0.15) is 39.7 Å². The number of benzene rings is 2. The molecule has 5 N–H and O–H groups in total. The Morgan fingerprint density at radius 3 is 2.28 bits per heavy atom. The van der Waals surface area contributed by atoms with Crippen LogP contribution in [-0.2, 0) is 6.42 Å². The van der Waals surface area contributed by atoms with E-state index in [9.17, 15) is 30.3 Å². The molecule has 32 heavy (non-hydrogen) atoms. The van der Waals surface area contributed by atoms with Crippen molar-refractivity contribution in [3.8, 4) is 40.1 Å². The van der Waals surface area contributed by atoms with Gasteiger partial charge in [0.05, 0.1) is 5.56 Å². The third-order valence-corrected chi connectivity index (χ3v) is 5.67. The first-order valence-corrected chi connectivity index (χ1v) is 10.4. The summed E-state index contributed by atoms with van der Waals surface area (Å²) in [7, 11) is 0. The molecule has 0 saturated heterocycles. The molecule has 0 amide bonds. The number of phenolic OH excluding ortho intramolecular Hbond substituents is 4. The highest BCUT2D eigenvalue weighted by atomic mass is 16.4. The molecule has 0 aliphatic heterocycles. The number of rotatable bonds is 6. The van der Waals surface area contributed by atoms with Crippen LogP contribution in [0.3, 0.4) is 0 Å². The van der Waals surface area contributed by atoms with E-state index in [1.54, 1.807) is 0 Å². The second-order valence-corrected chi connectivity index (χ2v) is 8.63. The summed E-state index contributed by atoms with van der Waals surface area (Å²) in [6.45, 7) is 8.13. The van der Waals surface area contributed by atoms with E-state index < -0.39 is 22.7 Å². The van der Waals surface area contributed by atoms with E-state index in [0.29, 0.717) is 12.0 Å². The summed E-state index contributed by atoms with van der Waals surface area (Å²) < 4.78 is 5.85. The van der Waals surface area contributed by atoms with Gasteiger partial charge in [-0.2, -0.15) is 0 Å². The third-order valence-electron chi connectivity index (χ3n) is 5.67. The largest absolute Gasteiger partial charge is 0.508 e. The molecule has 1 atom stereocenters. The van der Waals surface area contributed by atoms with Crippen LogP contribution in [0.15, 0.2) is 45.1 Å². The molecular formula is C25H28O7. The van der Waals surface area contributed by atoms with E-state index in [4.69, 9.17) is 4.42 Å². The van der Waals surface area contributed by atoms with Crippen molar-refractivity contribution in [3.05, 3.63) is 51.7 Å². The highest BCUT2D eigenvalue weighted by Gasteiger charge is 2.26. The van der Waals surface area contributed by atoms with Gasteiger partial charge in [-0.3, -0.25) is 4.79 Å². The van der Waals surface area contributed by atoms with Gasteiger partial charge in [0, 0.05) is 17.7 Å². The van der Waals surface area contributed by atoms with Crippen LogP contribution in [0, 0.1) is 11.8 Å². The molecule has 0 aliphatic rings. The van der Waals surface area contributed by atoms with Crippen molar-refractivity contribution in [2.45, 2.75) is 40.5 Å². The lowest BCUT2D eigenvalue weighted by Crippen LogP contribution is -2.13. The van der Waals surface area contributed by atoms with E-state index >= 15 is 0 Å². The summed E-state index contributed by atoms with van der Waals surface area (Å²) in [5.41, 5.74) is 0.527. The topological polar surface area (TPSA) is 131 Å². The Kier molecular flexibility index (Phi) is 6.39. The molecule has 0 fully saturated rings. The van der Waals surface area contributed by atoms with Crippen molar-refractivity contribution < 1.29 is 29.9 Å². The van der Waals surface area contributed by atoms with Gasteiger partial charge in [-0.15, -0.1) is 0 Å². The zero-order valence-corrected chi connectivity index (χ0v) is 18.5. The molecule has 3 aromatic rings. The lowest BCUT2D eigenvalue weighted by molar-refractivity contribution is 0.374. The van der Waals surface area contributed by atoms with Crippen molar-refractivity contribution >= 4 is 11.0 Å². The maximum absolute atomic E-state index is 12.9. The van der Waals surface area contributed by atoms with Crippen LogP contribution in [0.25, 0.3) is 22.3 Å². The summed E-state index contributed by atoms with van der Waals surface area (Å²) in [4.78, 5) is 12.9. The highest BCUT2D eigenvalue weighted by Crippen LogP contribution is 2.42. The molecule has 0 bridgehead atoms. The molecule has 3 rings (SSSR count). The molecule has 0 radical (unpaired) electrons. The first-order chi connectivity index (χ1) is 15.0. The van der Waals surface area contributed by atoms with Crippen LogP contribution in [0.4, 0.5) is 0 Å². The van der Waals surface area contributed by atoms with E-state index in [0.717, 1.165) is 24.1 Å². The summed E-state index contributed by atoms with van der Waals surface area (Å²) >= 11 is 0. The molecule has 1 heterocycles. The number of aromatic hydroxyl groups is 5. The van der Waals surface area contributed by atoms with Crippen molar-refractivity contribution in [1.29, 1.82) is 0 Å². The Morgan fingerprint density at radius 1 is 1.00 bits per heavy atom. The van der Waals surface area contributed by atoms with E-state index in [-0.39, 0.29) is 45.6 Å². The smallest absolute Gasteiger partial charge is 0.238 e. The normalized spacial score (nSPS) is 12.3. The molecule has 7 nitrogen and oxygen atoms in total. The van der Waals surface area contributed by atoms with Gasteiger partial charge in [-0.25, -0.2) is 0 Å². The molecule has 0 unspecified atom stereocenters. The second kappa shape index (κ2) is 8.86. The SMILES string of the molecule is CC(C)=CC[C@H](Cc1c(O)cc(O)c2c(=O)c(O)c(-c3ccc(O)cc3O)oc12)C(C)C. The van der Waals surface area contributed by atoms with Crippen LogP contribution in [-0.4, -0.2) is 25.5 Å². The fraction of sp³-hybridized carbons (Fsp3) is 0.320. The molecule has 7 heteroatoms. The standard InChI is InChI=1S/C25H28O7/c1-12(2)5-6-14(13(3)4)9-17-19(28)11-20(29)21-22(30)23(31)25(32-24(17)21)16-8-7-15(26)10-18(16)27/h5,7-8,10-11,13-14,26-29,31H,6,9H2,1-4H3/t14-/m1/s1. The molecule has 0 spiro atoms. The number of hydrogen-bond donors (Lipinski definition) is 5. The van der Waals surface area contributed by atoms with Gasteiger partial charge in [-0.1, -0.05) is 25.5 Å². The maximum atomic E-state index is 12.9. The number of hydrogen-bond acceptors (Lipinski definition) is 7. The van der Waals surface area contributed by atoms with E-state index in [2.05, 4.69) is 19.9 Å². The van der Waals surface area contributed by atoms with Gasteiger partial charge in [0.25, 0.3) is 0 Å². The molecule has 2 aromatic carbocycles. The molecule has 0 aliphatic carbocycles. The fourth-order valence-electron chi connectivity index (χ4n) is 3.71. The van der Waals surface area contributed by atoms with Gasteiger partial charge >= 0.3 is 0 Å². The quantitative estimate of drug-likeness (QED) is 0.335.